The highest BCUT2D eigenvalue weighted by Gasteiger charge is 2.44. The number of methoxy groups -OCH3 is 1. The number of hydrogen-bond acceptors (Lipinski definition) is 2. The van der Waals surface area contributed by atoms with Crippen LogP contribution in [0.1, 0.15) is 24.0 Å². The standard InChI is InChI=1S/C19H21ClN2O2/c1-13-3-6-15(11-17(13)20)22-18(23)21-12-19(9-10-19)14-4-7-16(24-2)8-5-14/h3-8,11H,9-10,12H2,1-2H3,(H2,21,22,23). The fraction of sp³-hybridized carbons (Fsp3) is 0.316. The lowest BCUT2D eigenvalue weighted by atomic mass is 9.96. The van der Waals surface area contributed by atoms with Crippen molar-refractivity contribution in [3.05, 3.63) is 58.6 Å². The molecule has 4 nitrogen and oxygen atoms in total. The monoisotopic (exact) mass is 344 g/mol. The summed E-state index contributed by atoms with van der Waals surface area (Å²) in [6, 6.07) is 13.3. The van der Waals surface area contributed by atoms with E-state index in [4.69, 9.17) is 16.3 Å². The van der Waals surface area contributed by atoms with Gasteiger partial charge >= 0.3 is 6.03 Å². The molecule has 2 amide bonds. The average Bonchev–Trinajstić information content (AvgIpc) is 3.38. The molecule has 1 fully saturated rings. The van der Waals surface area contributed by atoms with Crippen LogP contribution in [0.25, 0.3) is 0 Å². The zero-order chi connectivity index (χ0) is 17.2. The highest BCUT2D eigenvalue weighted by molar-refractivity contribution is 6.31. The van der Waals surface area contributed by atoms with E-state index in [2.05, 4.69) is 22.8 Å². The minimum absolute atomic E-state index is 0.0501. The predicted octanol–water partition coefficient (Wildman–Crippen LogP) is 4.51. The molecular weight excluding hydrogens is 324 g/mol. The molecule has 1 saturated carbocycles. The van der Waals surface area contributed by atoms with Crippen molar-refractivity contribution in [2.75, 3.05) is 19.0 Å². The molecule has 0 radical (unpaired) electrons. The molecule has 0 unspecified atom stereocenters. The van der Waals surface area contributed by atoms with Gasteiger partial charge in [-0.05, 0) is 55.2 Å². The van der Waals surface area contributed by atoms with Crippen molar-refractivity contribution in [1.82, 2.24) is 5.32 Å². The zero-order valence-corrected chi connectivity index (χ0v) is 14.6. The number of hydrogen-bond donors (Lipinski definition) is 2. The summed E-state index contributed by atoms with van der Waals surface area (Å²) in [4.78, 5) is 12.1. The topological polar surface area (TPSA) is 50.4 Å². The Bertz CT molecular complexity index is 740. The van der Waals surface area contributed by atoms with Crippen molar-refractivity contribution >= 4 is 23.3 Å². The molecule has 0 bridgehead atoms. The van der Waals surface area contributed by atoms with Crippen LogP contribution in [0.4, 0.5) is 10.5 Å². The molecule has 0 saturated heterocycles. The Morgan fingerprint density at radius 1 is 1.21 bits per heavy atom. The van der Waals surface area contributed by atoms with Gasteiger partial charge in [0, 0.05) is 22.7 Å². The van der Waals surface area contributed by atoms with E-state index in [1.165, 1.54) is 5.56 Å². The van der Waals surface area contributed by atoms with Crippen LogP contribution in [0.2, 0.25) is 5.02 Å². The second kappa shape index (κ2) is 6.73. The Hall–Kier alpha value is -2.20. The van der Waals surface area contributed by atoms with E-state index in [1.807, 2.05) is 31.2 Å². The Labute approximate surface area is 147 Å². The van der Waals surface area contributed by atoms with E-state index in [0.29, 0.717) is 17.3 Å². The van der Waals surface area contributed by atoms with E-state index in [0.717, 1.165) is 24.2 Å². The number of nitrogens with one attached hydrogen (secondary N) is 2. The molecule has 2 aromatic rings. The maximum atomic E-state index is 12.1. The second-order valence-electron chi connectivity index (χ2n) is 6.28. The number of halogens is 1. The molecule has 24 heavy (non-hydrogen) atoms. The molecule has 0 atom stereocenters. The van der Waals surface area contributed by atoms with Crippen LogP contribution in [0, 0.1) is 6.92 Å². The van der Waals surface area contributed by atoms with Crippen LogP contribution in [-0.2, 0) is 5.41 Å². The van der Waals surface area contributed by atoms with Gasteiger partial charge in [0.2, 0.25) is 0 Å². The molecule has 0 spiro atoms. The van der Waals surface area contributed by atoms with Crippen LogP contribution < -0.4 is 15.4 Å². The lowest BCUT2D eigenvalue weighted by molar-refractivity contribution is 0.251. The van der Waals surface area contributed by atoms with Crippen molar-refractivity contribution < 1.29 is 9.53 Å². The number of aryl methyl sites for hydroxylation is 1. The number of urea groups is 1. The van der Waals surface area contributed by atoms with Crippen molar-refractivity contribution in [2.45, 2.75) is 25.2 Å². The van der Waals surface area contributed by atoms with Crippen LogP contribution in [0.3, 0.4) is 0 Å². The number of benzene rings is 2. The number of carbonyl (C=O) groups is 1. The first-order chi connectivity index (χ1) is 11.5. The van der Waals surface area contributed by atoms with E-state index >= 15 is 0 Å². The van der Waals surface area contributed by atoms with E-state index in [-0.39, 0.29) is 11.4 Å². The summed E-state index contributed by atoms with van der Waals surface area (Å²) in [5, 5.41) is 6.44. The van der Waals surface area contributed by atoms with Crippen molar-refractivity contribution in [3.8, 4) is 5.75 Å². The minimum atomic E-state index is -0.213. The molecule has 0 aromatic heterocycles. The van der Waals surface area contributed by atoms with E-state index in [9.17, 15) is 4.79 Å². The number of ether oxygens (including phenoxy) is 1. The summed E-state index contributed by atoms with van der Waals surface area (Å²) in [6.45, 7) is 2.54. The number of amides is 2. The Balaban J connectivity index is 1.58. The predicted molar refractivity (Wildman–Crippen MR) is 97.1 cm³/mol. The van der Waals surface area contributed by atoms with Gasteiger partial charge < -0.3 is 15.4 Å². The summed E-state index contributed by atoms with van der Waals surface area (Å²) in [5.41, 5.74) is 2.97. The molecular formula is C19H21ClN2O2. The summed E-state index contributed by atoms with van der Waals surface area (Å²) in [5.74, 6) is 0.844. The second-order valence-corrected chi connectivity index (χ2v) is 6.69. The fourth-order valence-corrected chi connectivity index (χ4v) is 2.94. The maximum Gasteiger partial charge on any atom is 0.319 e. The van der Waals surface area contributed by atoms with E-state index < -0.39 is 0 Å². The SMILES string of the molecule is COc1ccc(C2(CNC(=O)Nc3ccc(C)c(Cl)c3)CC2)cc1. The first kappa shape index (κ1) is 16.7. The van der Waals surface area contributed by atoms with Gasteiger partial charge in [-0.2, -0.15) is 0 Å². The fourth-order valence-electron chi connectivity index (χ4n) is 2.76. The van der Waals surface area contributed by atoms with E-state index in [1.54, 1.807) is 13.2 Å². The maximum absolute atomic E-state index is 12.1. The third-order valence-electron chi connectivity index (χ3n) is 4.57. The largest absolute Gasteiger partial charge is 0.497 e. The highest BCUT2D eigenvalue weighted by Crippen LogP contribution is 2.47. The zero-order valence-electron chi connectivity index (χ0n) is 13.9. The minimum Gasteiger partial charge on any atom is -0.497 e. The third kappa shape index (κ3) is 3.65. The summed E-state index contributed by atoms with van der Waals surface area (Å²) in [6.07, 6.45) is 2.16. The Morgan fingerprint density at radius 3 is 2.50 bits per heavy atom. The van der Waals surface area contributed by atoms with Gasteiger partial charge in [0.05, 0.1) is 7.11 Å². The van der Waals surface area contributed by atoms with Gasteiger partial charge in [-0.15, -0.1) is 0 Å². The lowest BCUT2D eigenvalue weighted by Gasteiger charge is -2.17. The molecule has 2 N–H and O–H groups in total. The summed E-state index contributed by atoms with van der Waals surface area (Å²) >= 11 is 6.08. The smallest absolute Gasteiger partial charge is 0.319 e. The normalized spacial score (nSPS) is 14.8. The number of carbonyl (C=O) groups excluding carboxylic acids is 1. The number of anilines is 1. The first-order valence-electron chi connectivity index (χ1n) is 7.98. The molecule has 0 heterocycles. The molecule has 2 aromatic carbocycles. The van der Waals surface area contributed by atoms with Crippen LogP contribution in [0.5, 0.6) is 5.75 Å². The molecule has 126 valence electrons. The van der Waals surface area contributed by atoms with Crippen LogP contribution in [0.15, 0.2) is 42.5 Å². The summed E-state index contributed by atoms with van der Waals surface area (Å²) in [7, 11) is 1.66. The summed E-state index contributed by atoms with van der Waals surface area (Å²) < 4.78 is 5.19. The van der Waals surface area contributed by atoms with Crippen LogP contribution >= 0.6 is 11.6 Å². The van der Waals surface area contributed by atoms with Gasteiger partial charge in [0.15, 0.2) is 0 Å². The Morgan fingerprint density at radius 2 is 1.92 bits per heavy atom. The van der Waals surface area contributed by atoms with Crippen LogP contribution in [-0.4, -0.2) is 19.7 Å². The van der Waals surface area contributed by atoms with Gasteiger partial charge in [-0.3, -0.25) is 0 Å². The quantitative estimate of drug-likeness (QED) is 0.838. The molecule has 0 aliphatic heterocycles. The highest BCUT2D eigenvalue weighted by atomic mass is 35.5. The first-order valence-corrected chi connectivity index (χ1v) is 8.36. The number of rotatable bonds is 5. The van der Waals surface area contributed by atoms with Crippen molar-refractivity contribution in [3.63, 3.8) is 0 Å². The van der Waals surface area contributed by atoms with Gasteiger partial charge in [0.25, 0.3) is 0 Å². The van der Waals surface area contributed by atoms with Crippen molar-refractivity contribution in [2.24, 2.45) is 0 Å². The van der Waals surface area contributed by atoms with Gasteiger partial charge in [0.1, 0.15) is 5.75 Å². The van der Waals surface area contributed by atoms with Gasteiger partial charge in [-0.25, -0.2) is 4.79 Å². The molecule has 1 aliphatic rings. The third-order valence-corrected chi connectivity index (χ3v) is 4.98. The molecule has 5 heteroatoms. The van der Waals surface area contributed by atoms with Gasteiger partial charge in [-0.1, -0.05) is 29.8 Å². The average molecular weight is 345 g/mol. The molecule has 1 aliphatic carbocycles. The lowest BCUT2D eigenvalue weighted by Crippen LogP contribution is -2.35. The van der Waals surface area contributed by atoms with Crippen molar-refractivity contribution in [1.29, 1.82) is 0 Å². The Kier molecular flexibility index (Phi) is 4.67. The molecule has 3 rings (SSSR count).